The lowest BCUT2D eigenvalue weighted by molar-refractivity contribution is 0.122. The molecule has 2 aliphatic carbocycles. The average Bonchev–Trinajstić information content (AvgIpc) is 3.46. The number of benzene rings is 1. The van der Waals surface area contributed by atoms with Gasteiger partial charge >= 0.3 is 6.03 Å². The predicted molar refractivity (Wildman–Crippen MR) is 146 cm³/mol. The molecule has 2 N–H and O–H groups in total. The van der Waals surface area contributed by atoms with Crippen molar-refractivity contribution in [3.63, 3.8) is 0 Å². The molecule has 3 aliphatic rings. The Kier molecular flexibility index (Phi) is 8.54. The van der Waals surface area contributed by atoms with E-state index in [-0.39, 0.29) is 23.9 Å². The van der Waals surface area contributed by atoms with E-state index in [0.29, 0.717) is 24.0 Å². The smallest absolute Gasteiger partial charge is 0.315 e. The van der Waals surface area contributed by atoms with Crippen molar-refractivity contribution in [2.75, 3.05) is 19.6 Å². The van der Waals surface area contributed by atoms with Crippen molar-refractivity contribution >= 4 is 11.7 Å². The molecule has 7 nitrogen and oxygen atoms in total. The van der Waals surface area contributed by atoms with E-state index in [2.05, 4.69) is 25.5 Å². The van der Waals surface area contributed by atoms with E-state index in [1.165, 1.54) is 24.8 Å². The minimum absolute atomic E-state index is 0.156. The number of rotatable bonds is 7. The summed E-state index contributed by atoms with van der Waals surface area (Å²) >= 11 is 0. The number of piperidine rings is 1. The number of urea groups is 1. The Morgan fingerprint density at radius 3 is 2.76 bits per heavy atom. The number of aromatic nitrogens is 2. The predicted octanol–water partition coefficient (Wildman–Crippen LogP) is 5.25. The molecule has 0 spiro atoms. The van der Waals surface area contributed by atoms with E-state index in [9.17, 15) is 9.18 Å². The summed E-state index contributed by atoms with van der Waals surface area (Å²) in [6.45, 7) is 10.7. The Morgan fingerprint density at radius 2 is 1.97 bits per heavy atom. The molecule has 4 atom stereocenters. The highest BCUT2D eigenvalue weighted by atomic mass is 19.1. The van der Waals surface area contributed by atoms with Gasteiger partial charge in [-0.25, -0.2) is 14.0 Å². The van der Waals surface area contributed by atoms with Crippen LogP contribution < -0.4 is 10.6 Å². The zero-order valence-corrected chi connectivity index (χ0v) is 21.9. The van der Waals surface area contributed by atoms with Gasteiger partial charge in [-0.3, -0.25) is 4.68 Å². The molecule has 1 saturated heterocycles. The third-order valence-electron chi connectivity index (χ3n) is 8.13. The van der Waals surface area contributed by atoms with Gasteiger partial charge in [0.1, 0.15) is 5.82 Å². The molecule has 2 heterocycles. The fourth-order valence-electron chi connectivity index (χ4n) is 6.27. The van der Waals surface area contributed by atoms with Crippen LogP contribution in [0.5, 0.6) is 0 Å². The molecule has 1 unspecified atom stereocenters. The minimum Gasteiger partial charge on any atom is -0.335 e. The molecule has 1 saturated carbocycles. The van der Waals surface area contributed by atoms with E-state index < -0.39 is 0 Å². The van der Waals surface area contributed by atoms with Crippen molar-refractivity contribution in [1.82, 2.24) is 25.3 Å². The van der Waals surface area contributed by atoms with Crippen LogP contribution in [0.4, 0.5) is 9.18 Å². The summed E-state index contributed by atoms with van der Waals surface area (Å²) in [4.78, 5) is 19.2. The third kappa shape index (κ3) is 6.70. The molecule has 2 aromatic rings. The summed E-state index contributed by atoms with van der Waals surface area (Å²) in [7, 11) is 0. The quantitative estimate of drug-likeness (QED) is 0.494. The molecule has 0 bridgehead atoms. The van der Waals surface area contributed by atoms with Gasteiger partial charge in [-0.2, -0.15) is 5.10 Å². The molecule has 5 rings (SSSR count). The van der Waals surface area contributed by atoms with Crippen molar-refractivity contribution in [3.05, 3.63) is 83.4 Å². The van der Waals surface area contributed by atoms with Crippen LogP contribution in [0.1, 0.15) is 50.5 Å². The molecular weight excluding hydrogens is 479 g/mol. The van der Waals surface area contributed by atoms with Gasteiger partial charge in [-0.1, -0.05) is 37.1 Å². The first-order valence-corrected chi connectivity index (χ1v) is 13.9. The van der Waals surface area contributed by atoms with Crippen LogP contribution in [0.25, 0.3) is 10.5 Å². The summed E-state index contributed by atoms with van der Waals surface area (Å²) in [5.74, 6) is 0.841. The topological polar surface area (TPSA) is 66.6 Å². The highest BCUT2D eigenvalue weighted by molar-refractivity contribution is 5.76. The number of allylic oxidation sites excluding steroid dienone is 1. The number of halogens is 1. The summed E-state index contributed by atoms with van der Waals surface area (Å²) in [5, 5.41) is 10.6. The number of nitrogens with zero attached hydrogens (tertiary/aromatic N) is 4. The van der Waals surface area contributed by atoms with E-state index in [1.807, 2.05) is 36.5 Å². The van der Waals surface area contributed by atoms with Crippen molar-refractivity contribution in [3.8, 4) is 0 Å². The largest absolute Gasteiger partial charge is 0.335 e. The van der Waals surface area contributed by atoms with Crippen LogP contribution in [0, 0.1) is 24.2 Å². The molecule has 1 aromatic heterocycles. The van der Waals surface area contributed by atoms with Crippen molar-refractivity contribution in [2.24, 2.45) is 11.8 Å². The first-order valence-electron chi connectivity index (χ1n) is 13.9. The number of nitrogens with one attached hydrogen (secondary N) is 2. The minimum atomic E-state index is -0.213. The van der Waals surface area contributed by atoms with E-state index in [1.54, 1.807) is 23.0 Å². The molecule has 2 fully saturated rings. The first-order chi connectivity index (χ1) is 18.6. The van der Waals surface area contributed by atoms with Gasteiger partial charge in [0.15, 0.2) is 0 Å². The van der Waals surface area contributed by atoms with E-state index >= 15 is 0 Å². The number of carbonyl (C=O) groups excluding carboxylic acids is 1. The number of carbonyl (C=O) groups is 1. The van der Waals surface area contributed by atoms with Gasteiger partial charge < -0.3 is 15.5 Å². The summed E-state index contributed by atoms with van der Waals surface area (Å²) in [5.41, 5.74) is 2.47. The highest BCUT2D eigenvalue weighted by Crippen LogP contribution is 2.29. The lowest BCUT2D eigenvalue weighted by atomic mass is 9.83. The summed E-state index contributed by atoms with van der Waals surface area (Å²) in [6, 6.07) is 8.54. The molecule has 8 heteroatoms. The Morgan fingerprint density at radius 1 is 1.13 bits per heavy atom. The van der Waals surface area contributed by atoms with Crippen LogP contribution >= 0.6 is 0 Å². The van der Waals surface area contributed by atoms with Crippen molar-refractivity contribution < 1.29 is 9.18 Å². The van der Waals surface area contributed by atoms with Gasteiger partial charge in [0, 0.05) is 37.6 Å². The molecule has 1 aromatic carbocycles. The number of likely N-dealkylation sites (tertiary alicyclic amines) is 1. The average molecular weight is 517 g/mol. The normalized spacial score (nSPS) is 26.1. The highest BCUT2D eigenvalue weighted by Gasteiger charge is 2.30. The lowest BCUT2D eigenvalue weighted by Gasteiger charge is -2.39. The Balaban J connectivity index is 1.13. The second-order valence-corrected chi connectivity index (χ2v) is 10.9. The van der Waals surface area contributed by atoms with E-state index in [4.69, 9.17) is 6.57 Å². The maximum absolute atomic E-state index is 13.3. The summed E-state index contributed by atoms with van der Waals surface area (Å²) < 4.78 is 15.0. The second-order valence-electron chi connectivity index (χ2n) is 10.9. The molecule has 200 valence electrons. The zero-order valence-electron chi connectivity index (χ0n) is 21.9. The van der Waals surface area contributed by atoms with E-state index in [0.717, 1.165) is 51.0 Å². The van der Waals surface area contributed by atoms with Crippen LogP contribution in [0.2, 0.25) is 0 Å². The molecule has 0 radical (unpaired) electrons. The van der Waals surface area contributed by atoms with Gasteiger partial charge in [-0.05, 0) is 80.7 Å². The SMILES string of the molecule is [C-]#[N+]C1=CC(NC(=O)N[C@H]2CCCC[C@H]2CN2CCC[C@@H](Cc3ccc(F)cc3)C2)CC=C1n1cccn1. The maximum atomic E-state index is 13.3. The molecule has 2 amide bonds. The van der Waals surface area contributed by atoms with Gasteiger partial charge in [0.2, 0.25) is 5.70 Å². The Labute approximate surface area is 224 Å². The Bertz CT molecular complexity index is 1180. The standard InChI is InChI=1S/C30H37FN6O/c1-32-28-19-26(13-14-29(28)37-17-5-15-33-37)34-30(38)35-27-8-3-2-7-24(27)21-36-16-4-6-23(20-36)18-22-9-11-25(31)12-10-22/h5,9-12,14-15,17,19,23-24,26-27H,2-4,6-8,13,16,18,20-21H2,(H2,34,35,38)/t23-,24-,26?,27-/m0/s1. The van der Waals surface area contributed by atoms with Gasteiger partial charge in [0.05, 0.1) is 12.3 Å². The monoisotopic (exact) mass is 516 g/mol. The first kappa shape index (κ1) is 26.2. The fraction of sp³-hybridized carbons (Fsp3) is 0.500. The number of hydrogen-bond acceptors (Lipinski definition) is 3. The van der Waals surface area contributed by atoms with Crippen LogP contribution in [0.3, 0.4) is 0 Å². The molecule has 38 heavy (non-hydrogen) atoms. The van der Waals surface area contributed by atoms with Crippen molar-refractivity contribution in [1.29, 1.82) is 0 Å². The number of amides is 2. The second kappa shape index (κ2) is 12.4. The van der Waals surface area contributed by atoms with Gasteiger partial charge in [-0.15, -0.1) is 0 Å². The van der Waals surface area contributed by atoms with Gasteiger partial charge in [0.25, 0.3) is 0 Å². The fourth-order valence-corrected chi connectivity index (χ4v) is 6.27. The molecular formula is C30H37FN6O. The molecule has 1 aliphatic heterocycles. The van der Waals surface area contributed by atoms with Crippen LogP contribution in [0.15, 0.2) is 60.6 Å². The maximum Gasteiger partial charge on any atom is 0.315 e. The Hall–Kier alpha value is -3.44. The van der Waals surface area contributed by atoms with Crippen molar-refractivity contribution in [2.45, 2.75) is 63.5 Å². The summed E-state index contributed by atoms with van der Waals surface area (Å²) in [6.07, 6.45) is 15.8. The van der Waals surface area contributed by atoms with Crippen LogP contribution in [-0.2, 0) is 6.42 Å². The third-order valence-corrected chi connectivity index (χ3v) is 8.13. The zero-order chi connectivity index (χ0) is 26.3. The lowest BCUT2D eigenvalue weighted by Crippen LogP contribution is -2.52. The number of hydrogen-bond donors (Lipinski definition) is 2. The van der Waals surface area contributed by atoms with Crippen LogP contribution in [-0.4, -0.2) is 52.4 Å².